The van der Waals surface area contributed by atoms with Crippen molar-refractivity contribution >= 4 is 55.2 Å². The summed E-state index contributed by atoms with van der Waals surface area (Å²) in [4.78, 5) is 32.7. The molecule has 0 unspecified atom stereocenters. The van der Waals surface area contributed by atoms with Gasteiger partial charge in [-0.15, -0.1) is 0 Å². The van der Waals surface area contributed by atoms with E-state index in [0.29, 0.717) is 66.6 Å². The first-order chi connectivity index (χ1) is 18.6. The highest BCUT2D eigenvalue weighted by atomic mass is 79.9. The van der Waals surface area contributed by atoms with Crippen molar-refractivity contribution in [3.05, 3.63) is 40.0 Å². The van der Waals surface area contributed by atoms with E-state index in [-0.39, 0.29) is 30.7 Å². The fourth-order valence-electron chi connectivity index (χ4n) is 4.16. The summed E-state index contributed by atoms with van der Waals surface area (Å²) in [6.45, 7) is 5.49. The Morgan fingerprint density at radius 3 is 2.67 bits per heavy atom. The van der Waals surface area contributed by atoms with Gasteiger partial charge >= 0.3 is 0 Å². The first-order valence-electron chi connectivity index (χ1n) is 12.9. The Morgan fingerprint density at radius 2 is 1.97 bits per heavy atom. The zero-order valence-corrected chi connectivity index (χ0v) is 24.6. The quantitative estimate of drug-likeness (QED) is 0.230. The van der Waals surface area contributed by atoms with Gasteiger partial charge in [0.2, 0.25) is 21.9 Å². The number of halogens is 1. The molecule has 1 aliphatic heterocycles. The molecular formula is C25H36BrN7O5S. The number of carbonyl (C=O) groups excluding carboxylic acids is 2. The maximum absolute atomic E-state index is 12.7. The van der Waals surface area contributed by atoms with Crippen molar-refractivity contribution in [1.29, 1.82) is 0 Å². The fourth-order valence-corrected chi connectivity index (χ4v) is 5.84. The molecule has 1 saturated heterocycles. The van der Waals surface area contributed by atoms with Gasteiger partial charge in [0.05, 0.1) is 28.1 Å². The number of nitrogens with two attached hydrogens (primary N) is 1. The van der Waals surface area contributed by atoms with Crippen molar-refractivity contribution in [2.24, 2.45) is 5.73 Å². The summed E-state index contributed by atoms with van der Waals surface area (Å²) >= 11 is 3.43. The predicted octanol–water partition coefficient (Wildman–Crippen LogP) is 2.53. The van der Waals surface area contributed by atoms with Gasteiger partial charge in [-0.05, 0) is 53.7 Å². The predicted molar refractivity (Wildman–Crippen MR) is 153 cm³/mol. The number of ether oxygens (including phenoxy) is 1. The third-order valence-electron chi connectivity index (χ3n) is 6.20. The van der Waals surface area contributed by atoms with Crippen LogP contribution in [0.2, 0.25) is 0 Å². The third-order valence-corrected chi connectivity index (χ3v) is 8.65. The number of aryl methyl sites for hydroxylation is 1. The van der Waals surface area contributed by atoms with Crippen molar-refractivity contribution in [2.75, 3.05) is 49.2 Å². The number of anilines is 3. The Labute approximate surface area is 237 Å². The maximum atomic E-state index is 12.7. The second kappa shape index (κ2) is 14.5. The number of aromatic nitrogens is 2. The average Bonchev–Trinajstić information content (AvgIpc) is 2.88. The number of nitrogens with one attached hydrogen (secondary N) is 3. The summed E-state index contributed by atoms with van der Waals surface area (Å²) in [6.07, 6.45) is 3.84. The number of hydrogen-bond acceptors (Lipinski definition) is 9. The molecule has 12 nitrogen and oxygen atoms in total. The van der Waals surface area contributed by atoms with E-state index in [2.05, 4.69) is 41.8 Å². The lowest BCUT2D eigenvalue weighted by Crippen LogP contribution is -2.45. The number of piperidine rings is 1. The van der Waals surface area contributed by atoms with Crippen LogP contribution < -0.4 is 21.7 Å². The Balaban J connectivity index is 1.51. The van der Waals surface area contributed by atoms with Crippen LogP contribution in [0.25, 0.3) is 0 Å². The largest absolute Gasteiger partial charge is 0.381 e. The number of benzene rings is 1. The number of primary amides is 1. The Bertz CT molecular complexity index is 1250. The van der Waals surface area contributed by atoms with E-state index < -0.39 is 15.9 Å². The highest BCUT2D eigenvalue weighted by Gasteiger charge is 2.28. The van der Waals surface area contributed by atoms with Crippen LogP contribution in [0.15, 0.2) is 28.9 Å². The molecule has 0 spiro atoms. The van der Waals surface area contributed by atoms with E-state index in [1.807, 2.05) is 13.0 Å². The number of rotatable bonds is 14. The van der Waals surface area contributed by atoms with E-state index in [0.717, 1.165) is 12.0 Å². The average molecular weight is 627 g/mol. The fraction of sp³-hybridized carbons (Fsp3) is 0.520. The highest BCUT2D eigenvalue weighted by Crippen LogP contribution is 2.28. The number of amides is 2. The molecule has 2 amide bonds. The van der Waals surface area contributed by atoms with Crippen LogP contribution in [-0.4, -0.2) is 79.1 Å². The van der Waals surface area contributed by atoms with Gasteiger partial charge in [-0.3, -0.25) is 9.59 Å². The topological polar surface area (TPSA) is 169 Å². The number of sulfonamides is 1. The SMILES string of the molecule is CCCOCCC(=O)NCCS(=O)(=O)N1CCC(Nc2ncc(Br)c(Nc3cccc(C)c3C(N)=O)n2)CC1. The molecule has 214 valence electrons. The molecule has 5 N–H and O–H groups in total. The summed E-state index contributed by atoms with van der Waals surface area (Å²) in [6, 6.07) is 5.35. The first kappa shape index (κ1) is 30.7. The summed E-state index contributed by atoms with van der Waals surface area (Å²) in [5, 5.41) is 9.07. The summed E-state index contributed by atoms with van der Waals surface area (Å²) in [7, 11) is -3.49. The highest BCUT2D eigenvalue weighted by molar-refractivity contribution is 9.10. The molecule has 2 aromatic rings. The molecule has 1 fully saturated rings. The number of hydrogen-bond donors (Lipinski definition) is 4. The van der Waals surface area contributed by atoms with Crippen molar-refractivity contribution in [3.63, 3.8) is 0 Å². The van der Waals surface area contributed by atoms with Gasteiger partial charge in [0.1, 0.15) is 5.82 Å². The van der Waals surface area contributed by atoms with Crippen LogP contribution in [0, 0.1) is 6.92 Å². The molecule has 2 heterocycles. The van der Waals surface area contributed by atoms with Gasteiger partial charge in [0.25, 0.3) is 5.91 Å². The van der Waals surface area contributed by atoms with Gasteiger partial charge in [-0.25, -0.2) is 17.7 Å². The van der Waals surface area contributed by atoms with Gasteiger partial charge in [0, 0.05) is 44.9 Å². The van der Waals surface area contributed by atoms with E-state index in [4.69, 9.17) is 10.5 Å². The second-order valence-electron chi connectivity index (χ2n) is 9.22. The monoisotopic (exact) mass is 625 g/mol. The minimum atomic E-state index is -3.49. The van der Waals surface area contributed by atoms with Crippen LogP contribution in [0.1, 0.15) is 48.5 Å². The van der Waals surface area contributed by atoms with Gasteiger partial charge < -0.3 is 26.4 Å². The number of carbonyl (C=O) groups is 2. The molecule has 0 saturated carbocycles. The standard InChI is InChI=1S/C25H36BrN7O5S/c1-3-13-38-14-9-21(34)28-10-15-39(36,37)33-11-7-18(8-12-33)30-25-29-16-19(26)24(32-25)31-20-6-4-5-17(2)22(20)23(27)35/h4-6,16,18H,3,7-15H2,1-2H3,(H2,27,35)(H,28,34)(H2,29,30,31,32). The Kier molecular flexibility index (Phi) is 11.5. The third kappa shape index (κ3) is 9.12. The molecule has 0 radical (unpaired) electrons. The minimum Gasteiger partial charge on any atom is -0.381 e. The van der Waals surface area contributed by atoms with E-state index >= 15 is 0 Å². The van der Waals surface area contributed by atoms with Crippen LogP contribution >= 0.6 is 15.9 Å². The Hall–Kier alpha value is -2.81. The molecule has 1 aliphatic rings. The molecule has 1 aromatic carbocycles. The normalized spacial score (nSPS) is 14.6. The molecule has 0 aliphatic carbocycles. The van der Waals surface area contributed by atoms with E-state index in [1.165, 1.54) is 4.31 Å². The van der Waals surface area contributed by atoms with Gasteiger partial charge in [0.15, 0.2) is 0 Å². The molecule has 0 bridgehead atoms. The minimum absolute atomic E-state index is 0.0200. The maximum Gasteiger partial charge on any atom is 0.251 e. The number of nitrogens with zero attached hydrogens (tertiary/aromatic N) is 3. The zero-order valence-electron chi connectivity index (χ0n) is 22.2. The van der Waals surface area contributed by atoms with Gasteiger partial charge in [-0.1, -0.05) is 19.1 Å². The molecule has 14 heteroatoms. The summed E-state index contributed by atoms with van der Waals surface area (Å²) < 4.78 is 32.8. The molecule has 3 rings (SSSR count). The van der Waals surface area contributed by atoms with Crippen molar-refractivity contribution < 1.29 is 22.7 Å². The Morgan fingerprint density at radius 1 is 1.23 bits per heavy atom. The molecular weight excluding hydrogens is 590 g/mol. The van der Waals surface area contributed by atoms with Crippen LogP contribution in [0.3, 0.4) is 0 Å². The van der Waals surface area contributed by atoms with Crippen LogP contribution in [0.4, 0.5) is 17.5 Å². The first-order valence-corrected chi connectivity index (χ1v) is 15.3. The summed E-state index contributed by atoms with van der Waals surface area (Å²) in [5.41, 5.74) is 7.23. The second-order valence-corrected chi connectivity index (χ2v) is 12.2. The van der Waals surface area contributed by atoms with E-state index in [1.54, 1.807) is 25.3 Å². The van der Waals surface area contributed by atoms with Gasteiger partial charge in [-0.2, -0.15) is 4.98 Å². The van der Waals surface area contributed by atoms with Crippen molar-refractivity contribution in [3.8, 4) is 0 Å². The van der Waals surface area contributed by atoms with Crippen molar-refractivity contribution in [1.82, 2.24) is 19.6 Å². The molecule has 39 heavy (non-hydrogen) atoms. The lowest BCUT2D eigenvalue weighted by atomic mass is 10.1. The smallest absolute Gasteiger partial charge is 0.251 e. The zero-order chi connectivity index (χ0) is 28.4. The van der Waals surface area contributed by atoms with Crippen LogP contribution in [-0.2, 0) is 19.6 Å². The summed E-state index contributed by atoms with van der Waals surface area (Å²) in [5.74, 6) is -0.0782. The molecule has 0 atom stereocenters. The molecule has 1 aromatic heterocycles. The van der Waals surface area contributed by atoms with E-state index in [9.17, 15) is 18.0 Å². The lowest BCUT2D eigenvalue weighted by Gasteiger charge is -2.31. The lowest BCUT2D eigenvalue weighted by molar-refractivity contribution is -0.122. The van der Waals surface area contributed by atoms with Crippen molar-refractivity contribution in [2.45, 2.75) is 45.6 Å². The van der Waals surface area contributed by atoms with Crippen LogP contribution in [0.5, 0.6) is 0 Å².